The molecular weight excluding hydrogens is 284 g/mol. The van der Waals surface area contributed by atoms with Crippen molar-refractivity contribution in [3.8, 4) is 0 Å². The van der Waals surface area contributed by atoms with Gasteiger partial charge in [0.25, 0.3) is 0 Å². The Hall–Kier alpha value is -0.540. The van der Waals surface area contributed by atoms with Crippen molar-refractivity contribution < 1.29 is 4.79 Å². The topological polar surface area (TPSA) is 46.3 Å². The van der Waals surface area contributed by atoms with E-state index in [-0.39, 0.29) is 12.4 Å². The number of rotatable bonds is 10. The Morgan fingerprint density at radius 1 is 1.14 bits per heavy atom. The van der Waals surface area contributed by atoms with E-state index in [9.17, 15) is 4.79 Å². The predicted octanol–water partition coefficient (Wildman–Crippen LogP) is 3.91. The van der Waals surface area contributed by atoms with Crippen molar-refractivity contribution in [2.45, 2.75) is 64.2 Å². The Morgan fingerprint density at radius 3 is 2.43 bits per heavy atom. The third-order valence-electron chi connectivity index (χ3n) is 4.25. The lowest BCUT2D eigenvalue weighted by Crippen LogP contribution is -2.36. The van der Waals surface area contributed by atoms with Crippen molar-refractivity contribution in [3.05, 3.63) is 12.7 Å². The molecule has 0 radical (unpaired) electrons. The van der Waals surface area contributed by atoms with E-state index in [1.165, 1.54) is 32.1 Å². The maximum Gasteiger partial charge on any atom is 0.222 e. The normalized spacial score (nSPS) is 15.3. The fourth-order valence-electron chi connectivity index (χ4n) is 3.05. The lowest BCUT2D eigenvalue weighted by molar-refractivity contribution is -0.131. The molecule has 1 saturated carbocycles. The average molecular weight is 317 g/mol. The van der Waals surface area contributed by atoms with E-state index in [0.29, 0.717) is 24.8 Å². The molecule has 0 aromatic heterocycles. The fourth-order valence-corrected chi connectivity index (χ4v) is 3.05. The maximum atomic E-state index is 12.3. The van der Waals surface area contributed by atoms with Crippen LogP contribution in [0.1, 0.15) is 64.2 Å². The Balaban J connectivity index is 0.00000400. The minimum absolute atomic E-state index is 0. The molecule has 1 fully saturated rings. The maximum absolute atomic E-state index is 12.3. The number of unbranched alkanes of at least 4 members (excludes halogenated alkanes) is 3. The van der Waals surface area contributed by atoms with Gasteiger partial charge in [-0.1, -0.05) is 38.2 Å². The number of carbonyl (C=O) groups is 1. The lowest BCUT2D eigenvalue weighted by atomic mass is 9.89. The van der Waals surface area contributed by atoms with Crippen molar-refractivity contribution in [3.63, 3.8) is 0 Å². The molecule has 0 saturated heterocycles. The third-order valence-corrected chi connectivity index (χ3v) is 4.25. The molecule has 2 N–H and O–H groups in total. The summed E-state index contributed by atoms with van der Waals surface area (Å²) in [6, 6.07) is 0. The summed E-state index contributed by atoms with van der Waals surface area (Å²) in [5.41, 5.74) is 5.48. The van der Waals surface area contributed by atoms with Crippen LogP contribution in [-0.4, -0.2) is 30.4 Å². The second-order valence-electron chi connectivity index (χ2n) is 6.04. The SMILES string of the molecule is C=CCN(CC1CCCCC1)C(=O)CCCCCCN.Cl. The van der Waals surface area contributed by atoms with Gasteiger partial charge in [0, 0.05) is 19.5 Å². The number of hydrogen-bond acceptors (Lipinski definition) is 2. The molecule has 21 heavy (non-hydrogen) atoms. The highest BCUT2D eigenvalue weighted by Crippen LogP contribution is 2.24. The number of nitrogens with two attached hydrogens (primary N) is 1. The van der Waals surface area contributed by atoms with E-state index in [4.69, 9.17) is 5.73 Å². The van der Waals surface area contributed by atoms with Crippen molar-refractivity contribution in [2.24, 2.45) is 11.7 Å². The van der Waals surface area contributed by atoms with Gasteiger partial charge in [-0.15, -0.1) is 19.0 Å². The predicted molar refractivity (Wildman–Crippen MR) is 92.7 cm³/mol. The summed E-state index contributed by atoms with van der Waals surface area (Å²) in [4.78, 5) is 14.3. The van der Waals surface area contributed by atoms with Gasteiger partial charge in [-0.25, -0.2) is 0 Å². The van der Waals surface area contributed by atoms with E-state index >= 15 is 0 Å². The van der Waals surface area contributed by atoms with Crippen LogP contribution in [0, 0.1) is 5.92 Å². The van der Waals surface area contributed by atoms with Crippen LogP contribution in [0.25, 0.3) is 0 Å². The fraction of sp³-hybridized carbons (Fsp3) is 0.824. The molecule has 0 aromatic rings. The number of amides is 1. The van der Waals surface area contributed by atoms with Crippen LogP contribution < -0.4 is 5.73 Å². The summed E-state index contributed by atoms with van der Waals surface area (Å²) < 4.78 is 0. The van der Waals surface area contributed by atoms with E-state index in [0.717, 1.165) is 38.8 Å². The molecule has 0 aromatic carbocycles. The zero-order chi connectivity index (χ0) is 14.6. The highest BCUT2D eigenvalue weighted by molar-refractivity contribution is 5.85. The minimum Gasteiger partial charge on any atom is -0.339 e. The van der Waals surface area contributed by atoms with Crippen LogP contribution in [0.2, 0.25) is 0 Å². The smallest absolute Gasteiger partial charge is 0.222 e. The average Bonchev–Trinajstić information content (AvgIpc) is 2.47. The molecule has 0 heterocycles. The van der Waals surface area contributed by atoms with Gasteiger partial charge in [0.2, 0.25) is 5.91 Å². The summed E-state index contributed by atoms with van der Waals surface area (Å²) in [5.74, 6) is 1.02. The van der Waals surface area contributed by atoms with Gasteiger partial charge in [-0.2, -0.15) is 0 Å². The summed E-state index contributed by atoms with van der Waals surface area (Å²) in [5, 5.41) is 0. The van der Waals surface area contributed by atoms with Crippen LogP contribution in [-0.2, 0) is 4.79 Å². The Kier molecular flexibility index (Phi) is 12.8. The lowest BCUT2D eigenvalue weighted by Gasteiger charge is -2.29. The molecule has 1 aliphatic carbocycles. The zero-order valence-corrected chi connectivity index (χ0v) is 14.2. The van der Waals surface area contributed by atoms with Gasteiger partial charge >= 0.3 is 0 Å². The van der Waals surface area contributed by atoms with E-state index in [2.05, 4.69) is 6.58 Å². The minimum atomic E-state index is 0. The Labute approximate surface area is 136 Å². The Bertz CT molecular complexity index is 278. The van der Waals surface area contributed by atoms with Gasteiger partial charge < -0.3 is 10.6 Å². The van der Waals surface area contributed by atoms with Gasteiger partial charge in [0.1, 0.15) is 0 Å². The molecule has 0 spiro atoms. The molecule has 0 unspecified atom stereocenters. The van der Waals surface area contributed by atoms with Crippen LogP contribution in [0.15, 0.2) is 12.7 Å². The van der Waals surface area contributed by atoms with E-state index in [1.807, 2.05) is 11.0 Å². The van der Waals surface area contributed by atoms with Gasteiger partial charge in [0.15, 0.2) is 0 Å². The first-order valence-electron chi connectivity index (χ1n) is 8.36. The molecule has 0 atom stereocenters. The molecular formula is C17H33ClN2O. The summed E-state index contributed by atoms with van der Waals surface area (Å²) >= 11 is 0. The first kappa shape index (κ1) is 20.5. The standard InChI is InChI=1S/C17H32N2O.ClH/c1-2-14-19(15-16-10-6-5-7-11-16)17(20)12-8-3-4-9-13-18;/h2,16H,1,3-15,18H2;1H. The third kappa shape index (κ3) is 9.15. The van der Waals surface area contributed by atoms with E-state index in [1.54, 1.807) is 0 Å². The Morgan fingerprint density at radius 2 is 1.81 bits per heavy atom. The summed E-state index contributed by atoms with van der Waals surface area (Å²) in [6.07, 6.45) is 13.5. The highest BCUT2D eigenvalue weighted by atomic mass is 35.5. The number of nitrogens with zero attached hydrogens (tertiary/aromatic N) is 1. The number of halogens is 1. The second-order valence-corrected chi connectivity index (χ2v) is 6.04. The van der Waals surface area contributed by atoms with E-state index < -0.39 is 0 Å². The second kappa shape index (κ2) is 13.1. The quantitative estimate of drug-likeness (QED) is 0.490. The van der Waals surface area contributed by atoms with Gasteiger partial charge in [-0.3, -0.25) is 4.79 Å². The molecule has 1 aliphatic rings. The van der Waals surface area contributed by atoms with Crippen LogP contribution in [0.4, 0.5) is 0 Å². The first-order chi connectivity index (χ1) is 9.77. The first-order valence-corrected chi connectivity index (χ1v) is 8.36. The molecule has 0 bridgehead atoms. The molecule has 1 rings (SSSR count). The molecule has 4 heteroatoms. The molecule has 0 aliphatic heterocycles. The summed E-state index contributed by atoms with van der Waals surface area (Å²) in [6.45, 7) is 6.20. The zero-order valence-electron chi connectivity index (χ0n) is 13.4. The number of carbonyl (C=O) groups excluding carboxylic acids is 1. The van der Waals surface area contributed by atoms with Crippen molar-refractivity contribution in [1.82, 2.24) is 4.90 Å². The van der Waals surface area contributed by atoms with Gasteiger partial charge in [0.05, 0.1) is 0 Å². The van der Waals surface area contributed by atoms with Crippen molar-refractivity contribution in [2.75, 3.05) is 19.6 Å². The largest absolute Gasteiger partial charge is 0.339 e. The van der Waals surface area contributed by atoms with Crippen LogP contribution >= 0.6 is 12.4 Å². The van der Waals surface area contributed by atoms with Gasteiger partial charge in [-0.05, 0) is 38.1 Å². The van der Waals surface area contributed by atoms with Crippen LogP contribution in [0.3, 0.4) is 0 Å². The molecule has 124 valence electrons. The van der Waals surface area contributed by atoms with Crippen molar-refractivity contribution in [1.29, 1.82) is 0 Å². The number of hydrogen-bond donors (Lipinski definition) is 1. The van der Waals surface area contributed by atoms with Crippen LogP contribution in [0.5, 0.6) is 0 Å². The van der Waals surface area contributed by atoms with Crippen molar-refractivity contribution >= 4 is 18.3 Å². The monoisotopic (exact) mass is 316 g/mol. The molecule has 3 nitrogen and oxygen atoms in total. The highest BCUT2D eigenvalue weighted by Gasteiger charge is 2.19. The summed E-state index contributed by atoms with van der Waals surface area (Å²) in [7, 11) is 0. The molecule has 1 amide bonds.